The second-order valence-corrected chi connectivity index (χ2v) is 6.29. The van der Waals surface area contributed by atoms with Gasteiger partial charge in [-0.3, -0.25) is 9.59 Å². The van der Waals surface area contributed by atoms with E-state index in [0.717, 1.165) is 17.7 Å². The first kappa shape index (κ1) is 21.9. The number of rotatable bonds is 7. The highest BCUT2D eigenvalue weighted by Gasteiger charge is 2.30. The number of halogens is 3. The number of nitrogens with zero attached hydrogens (tertiary/aromatic N) is 1. The molecular formula is C20H20F3N3O3. The molecule has 0 aromatic heterocycles. The van der Waals surface area contributed by atoms with E-state index in [2.05, 4.69) is 15.8 Å². The number of anilines is 1. The van der Waals surface area contributed by atoms with Crippen molar-refractivity contribution in [3.63, 3.8) is 0 Å². The number of carbonyl (C=O) groups is 2. The van der Waals surface area contributed by atoms with E-state index in [4.69, 9.17) is 4.74 Å². The Bertz CT molecular complexity index is 894. The van der Waals surface area contributed by atoms with Gasteiger partial charge in [0.2, 0.25) is 5.91 Å². The second kappa shape index (κ2) is 9.72. The summed E-state index contributed by atoms with van der Waals surface area (Å²) in [6, 6.07) is 11.5. The van der Waals surface area contributed by atoms with Crippen LogP contribution in [0.15, 0.2) is 53.6 Å². The Hall–Kier alpha value is -3.36. The van der Waals surface area contributed by atoms with Crippen molar-refractivity contribution in [2.45, 2.75) is 26.4 Å². The van der Waals surface area contributed by atoms with Crippen LogP contribution in [0.4, 0.5) is 18.9 Å². The van der Waals surface area contributed by atoms with Crippen molar-refractivity contribution in [1.82, 2.24) is 5.43 Å². The Morgan fingerprint density at radius 3 is 2.41 bits per heavy atom. The monoisotopic (exact) mass is 407 g/mol. The average molecular weight is 407 g/mol. The topological polar surface area (TPSA) is 79.8 Å². The van der Waals surface area contributed by atoms with E-state index in [1.807, 2.05) is 19.1 Å². The van der Waals surface area contributed by atoms with Crippen molar-refractivity contribution < 1.29 is 27.5 Å². The summed E-state index contributed by atoms with van der Waals surface area (Å²) in [5, 5.41) is 6.15. The van der Waals surface area contributed by atoms with Gasteiger partial charge in [-0.1, -0.05) is 23.8 Å². The molecule has 29 heavy (non-hydrogen) atoms. The first-order valence-corrected chi connectivity index (χ1v) is 8.62. The molecule has 0 unspecified atom stereocenters. The van der Waals surface area contributed by atoms with Crippen LogP contribution in [0.5, 0.6) is 5.75 Å². The van der Waals surface area contributed by atoms with Gasteiger partial charge in [0.25, 0.3) is 5.91 Å². The Morgan fingerprint density at radius 1 is 1.07 bits per heavy atom. The highest BCUT2D eigenvalue weighted by molar-refractivity contribution is 6.05. The van der Waals surface area contributed by atoms with Crippen molar-refractivity contribution >= 4 is 23.2 Å². The number of benzene rings is 2. The zero-order valence-electron chi connectivity index (χ0n) is 15.8. The molecule has 6 nitrogen and oxygen atoms in total. The minimum Gasteiger partial charge on any atom is -0.484 e. The van der Waals surface area contributed by atoms with E-state index in [1.165, 1.54) is 19.1 Å². The highest BCUT2D eigenvalue weighted by atomic mass is 19.4. The number of aryl methyl sites for hydroxylation is 1. The molecule has 9 heteroatoms. The van der Waals surface area contributed by atoms with E-state index >= 15 is 0 Å². The Balaban J connectivity index is 1.80. The van der Waals surface area contributed by atoms with Crippen LogP contribution in [-0.4, -0.2) is 24.1 Å². The van der Waals surface area contributed by atoms with Crippen molar-refractivity contribution in [2.75, 3.05) is 11.9 Å². The Labute approximate surface area is 165 Å². The largest absolute Gasteiger partial charge is 0.484 e. The third-order valence-electron chi connectivity index (χ3n) is 3.65. The fourth-order valence-corrected chi connectivity index (χ4v) is 2.22. The lowest BCUT2D eigenvalue weighted by atomic mass is 10.2. The van der Waals surface area contributed by atoms with Crippen LogP contribution >= 0.6 is 0 Å². The molecule has 0 spiro atoms. The number of nitrogens with one attached hydrogen (secondary N) is 2. The first-order valence-electron chi connectivity index (χ1n) is 8.62. The predicted octanol–water partition coefficient (Wildman–Crippen LogP) is 3.91. The fraction of sp³-hybridized carbons (Fsp3) is 0.250. The minimum atomic E-state index is -4.50. The maximum absolute atomic E-state index is 12.7. The fourth-order valence-electron chi connectivity index (χ4n) is 2.22. The minimum absolute atomic E-state index is 0.0214. The number of hydrogen-bond donors (Lipinski definition) is 2. The normalized spacial score (nSPS) is 11.7. The lowest BCUT2D eigenvalue weighted by molar-refractivity contribution is -0.137. The molecule has 0 saturated heterocycles. The molecule has 2 rings (SSSR count). The summed E-state index contributed by atoms with van der Waals surface area (Å²) in [6.45, 7) is 3.18. The second-order valence-electron chi connectivity index (χ2n) is 6.29. The van der Waals surface area contributed by atoms with Gasteiger partial charge in [0.05, 0.1) is 12.0 Å². The first-order chi connectivity index (χ1) is 13.6. The molecule has 0 bridgehead atoms. The van der Waals surface area contributed by atoms with Gasteiger partial charge in [-0.05, 0) is 44.2 Å². The molecule has 0 heterocycles. The van der Waals surface area contributed by atoms with E-state index in [-0.39, 0.29) is 24.4 Å². The van der Waals surface area contributed by atoms with Gasteiger partial charge >= 0.3 is 6.18 Å². The van der Waals surface area contributed by atoms with E-state index in [1.54, 1.807) is 12.1 Å². The number of alkyl halides is 3. The zero-order chi connectivity index (χ0) is 21.4. The number of hydrogen-bond acceptors (Lipinski definition) is 4. The van der Waals surface area contributed by atoms with Crippen molar-refractivity contribution in [3.8, 4) is 5.75 Å². The van der Waals surface area contributed by atoms with E-state index in [9.17, 15) is 22.8 Å². The molecule has 2 aromatic rings. The van der Waals surface area contributed by atoms with Crippen molar-refractivity contribution in [1.29, 1.82) is 0 Å². The number of carbonyl (C=O) groups excluding carboxylic acids is 2. The molecule has 0 fully saturated rings. The Morgan fingerprint density at radius 2 is 1.76 bits per heavy atom. The van der Waals surface area contributed by atoms with Gasteiger partial charge < -0.3 is 10.1 Å². The van der Waals surface area contributed by atoms with Crippen LogP contribution in [-0.2, 0) is 15.8 Å². The van der Waals surface area contributed by atoms with Crippen LogP contribution in [0.3, 0.4) is 0 Å². The Kier molecular flexibility index (Phi) is 7.35. The summed E-state index contributed by atoms with van der Waals surface area (Å²) < 4.78 is 43.4. The molecule has 0 aliphatic rings. The zero-order valence-corrected chi connectivity index (χ0v) is 15.8. The quantitative estimate of drug-likeness (QED) is 0.539. The van der Waals surface area contributed by atoms with Crippen LogP contribution in [0.25, 0.3) is 0 Å². The van der Waals surface area contributed by atoms with Gasteiger partial charge in [0.1, 0.15) is 5.75 Å². The van der Waals surface area contributed by atoms with Crippen LogP contribution < -0.4 is 15.5 Å². The molecule has 0 aliphatic carbocycles. The van der Waals surface area contributed by atoms with E-state index < -0.39 is 23.6 Å². The van der Waals surface area contributed by atoms with Gasteiger partial charge in [-0.25, -0.2) is 5.43 Å². The summed E-state index contributed by atoms with van der Waals surface area (Å²) in [4.78, 5) is 23.7. The smallest absolute Gasteiger partial charge is 0.416 e. The summed E-state index contributed by atoms with van der Waals surface area (Å²) in [7, 11) is 0. The molecule has 2 aromatic carbocycles. The van der Waals surface area contributed by atoms with Crippen molar-refractivity contribution in [3.05, 3.63) is 59.7 Å². The summed E-state index contributed by atoms with van der Waals surface area (Å²) >= 11 is 0. The van der Waals surface area contributed by atoms with Gasteiger partial charge in [0, 0.05) is 11.4 Å². The number of ether oxygens (including phenoxy) is 1. The molecule has 2 N–H and O–H groups in total. The summed E-state index contributed by atoms with van der Waals surface area (Å²) in [6.07, 6.45) is -4.70. The molecule has 154 valence electrons. The summed E-state index contributed by atoms with van der Waals surface area (Å²) in [5.41, 5.74) is 2.76. The maximum Gasteiger partial charge on any atom is 0.416 e. The van der Waals surface area contributed by atoms with Gasteiger partial charge in [-0.15, -0.1) is 0 Å². The van der Waals surface area contributed by atoms with Crippen LogP contribution in [0.2, 0.25) is 0 Å². The highest BCUT2D eigenvalue weighted by Crippen LogP contribution is 2.30. The third-order valence-corrected chi connectivity index (χ3v) is 3.65. The average Bonchev–Trinajstić information content (AvgIpc) is 2.65. The predicted molar refractivity (Wildman–Crippen MR) is 103 cm³/mol. The van der Waals surface area contributed by atoms with Crippen LogP contribution in [0.1, 0.15) is 24.5 Å². The molecule has 0 aliphatic heterocycles. The SMILES string of the molecule is C/C(CC(=O)Nc1cccc(C(F)(F)F)c1)=N/NC(=O)COc1ccc(C)cc1. The standard InChI is InChI=1S/C20H20F3N3O3/c1-13-6-8-17(9-7-13)29-12-19(28)26-25-14(2)10-18(27)24-16-5-3-4-15(11-16)20(21,22)23/h3-9,11H,10,12H2,1-2H3,(H,24,27)(H,26,28)/b25-14-. The lowest BCUT2D eigenvalue weighted by Gasteiger charge is -2.10. The van der Waals surface area contributed by atoms with Crippen LogP contribution in [0, 0.1) is 6.92 Å². The number of hydrazone groups is 1. The summed E-state index contributed by atoms with van der Waals surface area (Å²) in [5.74, 6) is -0.536. The number of amides is 2. The molecule has 0 atom stereocenters. The molecular weight excluding hydrogens is 387 g/mol. The molecule has 0 radical (unpaired) electrons. The molecule has 2 amide bonds. The van der Waals surface area contributed by atoms with Crippen molar-refractivity contribution in [2.24, 2.45) is 5.10 Å². The molecule has 0 saturated carbocycles. The van der Waals surface area contributed by atoms with Gasteiger partial charge in [0.15, 0.2) is 6.61 Å². The van der Waals surface area contributed by atoms with E-state index in [0.29, 0.717) is 5.75 Å². The third kappa shape index (κ3) is 7.65. The van der Waals surface area contributed by atoms with Gasteiger partial charge in [-0.2, -0.15) is 18.3 Å². The lowest BCUT2D eigenvalue weighted by Crippen LogP contribution is -2.26. The maximum atomic E-state index is 12.7.